The number of esters is 1. The summed E-state index contributed by atoms with van der Waals surface area (Å²) in [6, 6.07) is 12.0. The SMILES string of the molecule is CCOC(=O)C1=C(C)N(Cc2ccccc2C#N)C(=O)CC1c1ccc(F)cc1F. The molecule has 1 atom stereocenters. The number of allylic oxidation sites excluding steroid dienone is 1. The van der Waals surface area contributed by atoms with Gasteiger partial charge in [-0.15, -0.1) is 0 Å². The normalized spacial score (nSPS) is 16.4. The molecule has 0 saturated heterocycles. The summed E-state index contributed by atoms with van der Waals surface area (Å²) in [4.78, 5) is 27.1. The van der Waals surface area contributed by atoms with E-state index < -0.39 is 23.5 Å². The van der Waals surface area contributed by atoms with E-state index in [-0.39, 0.29) is 36.6 Å². The fourth-order valence-electron chi connectivity index (χ4n) is 3.66. The molecule has 0 bridgehead atoms. The van der Waals surface area contributed by atoms with Crippen LogP contribution in [-0.4, -0.2) is 23.4 Å². The van der Waals surface area contributed by atoms with Crippen molar-refractivity contribution in [1.29, 1.82) is 5.26 Å². The van der Waals surface area contributed by atoms with Crippen LogP contribution in [0.4, 0.5) is 8.78 Å². The Balaban J connectivity index is 2.09. The molecule has 0 saturated carbocycles. The molecule has 1 amide bonds. The van der Waals surface area contributed by atoms with Crippen LogP contribution in [0, 0.1) is 23.0 Å². The van der Waals surface area contributed by atoms with Gasteiger partial charge in [0.2, 0.25) is 5.91 Å². The number of hydrogen-bond donors (Lipinski definition) is 0. The van der Waals surface area contributed by atoms with Crippen molar-refractivity contribution in [2.45, 2.75) is 32.7 Å². The molecule has 2 aromatic rings. The van der Waals surface area contributed by atoms with E-state index in [1.54, 1.807) is 38.1 Å². The molecule has 0 fully saturated rings. The van der Waals surface area contributed by atoms with Crippen LogP contribution in [0.15, 0.2) is 53.7 Å². The molecule has 0 aromatic heterocycles. The molecule has 2 aromatic carbocycles. The molecule has 1 aliphatic rings. The minimum atomic E-state index is -0.889. The summed E-state index contributed by atoms with van der Waals surface area (Å²) in [5.41, 5.74) is 1.58. The van der Waals surface area contributed by atoms with Gasteiger partial charge in [-0.2, -0.15) is 5.26 Å². The third-order valence-electron chi connectivity index (χ3n) is 5.12. The Kier molecular flexibility index (Phi) is 6.26. The van der Waals surface area contributed by atoms with Crippen LogP contribution in [0.3, 0.4) is 0 Å². The Bertz CT molecular complexity index is 1070. The predicted molar refractivity (Wildman–Crippen MR) is 105 cm³/mol. The molecule has 1 aliphatic heterocycles. The van der Waals surface area contributed by atoms with Crippen molar-refractivity contribution in [3.05, 3.63) is 82.1 Å². The summed E-state index contributed by atoms with van der Waals surface area (Å²) in [6.07, 6.45) is -0.178. The van der Waals surface area contributed by atoms with Gasteiger partial charge in [0.15, 0.2) is 0 Å². The Morgan fingerprint density at radius 2 is 2.00 bits per heavy atom. The van der Waals surface area contributed by atoms with Crippen LogP contribution in [0.2, 0.25) is 0 Å². The van der Waals surface area contributed by atoms with Gasteiger partial charge < -0.3 is 9.64 Å². The molecule has 0 N–H and O–H groups in total. The second kappa shape index (κ2) is 8.87. The van der Waals surface area contributed by atoms with Crippen LogP contribution >= 0.6 is 0 Å². The summed E-state index contributed by atoms with van der Waals surface area (Å²) in [5.74, 6) is -3.45. The van der Waals surface area contributed by atoms with Gasteiger partial charge in [0.05, 0.1) is 30.4 Å². The first-order valence-electron chi connectivity index (χ1n) is 9.48. The molecule has 3 rings (SSSR count). The van der Waals surface area contributed by atoms with E-state index in [2.05, 4.69) is 6.07 Å². The number of nitriles is 1. The van der Waals surface area contributed by atoms with Gasteiger partial charge in [0.25, 0.3) is 0 Å². The number of ether oxygens (including phenoxy) is 1. The number of nitrogens with zero attached hydrogens (tertiary/aromatic N) is 2. The van der Waals surface area contributed by atoms with Gasteiger partial charge in [-0.1, -0.05) is 24.3 Å². The van der Waals surface area contributed by atoms with E-state index >= 15 is 0 Å². The highest BCUT2D eigenvalue weighted by atomic mass is 19.1. The van der Waals surface area contributed by atoms with Gasteiger partial charge in [-0.05, 0) is 37.1 Å². The van der Waals surface area contributed by atoms with Crippen LogP contribution in [-0.2, 0) is 20.9 Å². The second-order valence-electron chi connectivity index (χ2n) is 6.89. The van der Waals surface area contributed by atoms with Crippen molar-refractivity contribution >= 4 is 11.9 Å². The van der Waals surface area contributed by atoms with E-state index in [1.807, 2.05) is 0 Å². The molecule has 0 radical (unpaired) electrons. The molecule has 1 heterocycles. The van der Waals surface area contributed by atoms with E-state index in [0.717, 1.165) is 12.1 Å². The zero-order valence-corrected chi connectivity index (χ0v) is 16.6. The monoisotopic (exact) mass is 410 g/mol. The van der Waals surface area contributed by atoms with Crippen LogP contribution in [0.5, 0.6) is 0 Å². The smallest absolute Gasteiger partial charge is 0.336 e. The molecule has 30 heavy (non-hydrogen) atoms. The number of rotatable bonds is 5. The average Bonchev–Trinajstić information content (AvgIpc) is 2.71. The number of amides is 1. The maximum Gasteiger partial charge on any atom is 0.336 e. The van der Waals surface area contributed by atoms with Crippen LogP contribution in [0.1, 0.15) is 42.9 Å². The number of carbonyl (C=O) groups excluding carboxylic acids is 2. The molecule has 1 unspecified atom stereocenters. The summed E-state index contributed by atoms with van der Waals surface area (Å²) in [6.45, 7) is 3.44. The van der Waals surface area contributed by atoms with Crippen LogP contribution < -0.4 is 0 Å². The standard InChI is InChI=1S/C23H20F2N2O3/c1-3-30-23(29)22-14(2)27(13-16-7-5-4-6-15(16)12-26)21(28)11-19(22)18-9-8-17(24)10-20(18)25/h4-10,19H,3,11,13H2,1-2H3. The van der Waals surface area contributed by atoms with Gasteiger partial charge in [-0.25, -0.2) is 13.6 Å². The first-order chi connectivity index (χ1) is 14.4. The Labute approximate surface area is 173 Å². The van der Waals surface area contributed by atoms with Gasteiger partial charge >= 0.3 is 5.97 Å². The van der Waals surface area contributed by atoms with Gasteiger partial charge in [0.1, 0.15) is 11.6 Å². The van der Waals surface area contributed by atoms with E-state index in [4.69, 9.17) is 4.74 Å². The molecular formula is C23H20F2N2O3. The van der Waals surface area contributed by atoms with Crippen LogP contribution in [0.25, 0.3) is 0 Å². The number of hydrogen-bond acceptors (Lipinski definition) is 4. The molecule has 154 valence electrons. The quantitative estimate of drug-likeness (QED) is 0.693. The molecule has 5 nitrogen and oxygen atoms in total. The summed E-state index contributed by atoms with van der Waals surface area (Å²) in [5, 5.41) is 9.32. The molecular weight excluding hydrogens is 390 g/mol. The Morgan fingerprint density at radius 3 is 2.67 bits per heavy atom. The van der Waals surface area contributed by atoms with Crippen molar-refractivity contribution in [2.75, 3.05) is 6.61 Å². The van der Waals surface area contributed by atoms with Crippen molar-refractivity contribution in [2.24, 2.45) is 0 Å². The molecule has 7 heteroatoms. The first kappa shape index (κ1) is 21.2. The minimum absolute atomic E-state index is 0.0595. The van der Waals surface area contributed by atoms with Gasteiger partial charge in [-0.3, -0.25) is 4.79 Å². The molecule has 0 aliphatic carbocycles. The van der Waals surface area contributed by atoms with E-state index in [9.17, 15) is 23.6 Å². The van der Waals surface area contributed by atoms with Crippen molar-refractivity contribution in [3.63, 3.8) is 0 Å². The summed E-state index contributed by atoms with van der Waals surface area (Å²) in [7, 11) is 0. The zero-order chi connectivity index (χ0) is 21.8. The highest BCUT2D eigenvalue weighted by Crippen LogP contribution is 2.39. The minimum Gasteiger partial charge on any atom is -0.463 e. The Hall–Kier alpha value is -3.53. The first-order valence-corrected chi connectivity index (χ1v) is 9.48. The summed E-state index contributed by atoms with van der Waals surface area (Å²) < 4.78 is 33.0. The van der Waals surface area contributed by atoms with E-state index in [0.29, 0.717) is 16.8 Å². The maximum atomic E-state index is 14.5. The fourth-order valence-corrected chi connectivity index (χ4v) is 3.66. The topological polar surface area (TPSA) is 70.4 Å². The zero-order valence-electron chi connectivity index (χ0n) is 16.6. The maximum absolute atomic E-state index is 14.5. The second-order valence-corrected chi connectivity index (χ2v) is 6.89. The lowest BCUT2D eigenvalue weighted by molar-refractivity contribution is -0.140. The average molecular weight is 410 g/mol. The highest BCUT2D eigenvalue weighted by Gasteiger charge is 2.38. The number of benzene rings is 2. The molecule has 0 spiro atoms. The third-order valence-corrected chi connectivity index (χ3v) is 5.12. The summed E-state index contributed by atoms with van der Waals surface area (Å²) >= 11 is 0. The Morgan fingerprint density at radius 1 is 1.27 bits per heavy atom. The van der Waals surface area contributed by atoms with Crippen molar-refractivity contribution < 1.29 is 23.1 Å². The lowest BCUT2D eigenvalue weighted by atomic mass is 9.83. The predicted octanol–water partition coefficient (Wildman–Crippen LogP) is 4.19. The number of carbonyl (C=O) groups is 2. The third kappa shape index (κ3) is 4.08. The fraction of sp³-hybridized carbons (Fsp3) is 0.261. The van der Waals surface area contributed by atoms with Crippen molar-refractivity contribution in [1.82, 2.24) is 4.90 Å². The highest BCUT2D eigenvalue weighted by molar-refractivity contribution is 5.95. The van der Waals surface area contributed by atoms with E-state index in [1.165, 1.54) is 11.0 Å². The number of halogens is 2. The van der Waals surface area contributed by atoms with Crippen molar-refractivity contribution in [3.8, 4) is 6.07 Å². The lowest BCUT2D eigenvalue weighted by Gasteiger charge is -2.34. The van der Waals surface area contributed by atoms with Gasteiger partial charge in [0, 0.05) is 24.1 Å². The lowest BCUT2D eigenvalue weighted by Crippen LogP contribution is -2.38. The largest absolute Gasteiger partial charge is 0.463 e.